The second-order valence-corrected chi connectivity index (χ2v) is 6.08. The van der Waals surface area contributed by atoms with Gasteiger partial charge in [-0.05, 0) is 48.7 Å². The summed E-state index contributed by atoms with van der Waals surface area (Å²) < 4.78 is 59.7. The lowest BCUT2D eigenvalue weighted by atomic mass is 10.0. The van der Waals surface area contributed by atoms with E-state index in [9.17, 15) is 22.4 Å². The van der Waals surface area contributed by atoms with Gasteiger partial charge in [0.1, 0.15) is 6.61 Å². The molecule has 27 heavy (non-hydrogen) atoms. The van der Waals surface area contributed by atoms with E-state index < -0.39 is 30.1 Å². The molecule has 0 spiro atoms. The molecule has 1 N–H and O–H groups in total. The fraction of sp³-hybridized carbons (Fsp3) is 0.350. The van der Waals surface area contributed by atoms with Crippen LogP contribution < -0.4 is 10.1 Å². The number of anilines is 1. The minimum atomic E-state index is -4.63. The van der Waals surface area contributed by atoms with Gasteiger partial charge in [0.05, 0.1) is 5.56 Å². The molecule has 0 bridgehead atoms. The number of ether oxygens (including phenoxy) is 1. The number of hydrogen-bond donors (Lipinski definition) is 1. The molecule has 3 nitrogen and oxygen atoms in total. The third-order valence-corrected chi connectivity index (χ3v) is 4.22. The lowest BCUT2D eigenvalue weighted by Gasteiger charge is -2.18. The first kappa shape index (κ1) is 20.7. The fourth-order valence-electron chi connectivity index (χ4n) is 2.70. The molecule has 0 aliphatic heterocycles. The number of carbonyl (C=O) groups excluding carboxylic acids is 1. The molecule has 0 aliphatic carbocycles. The van der Waals surface area contributed by atoms with E-state index in [1.165, 1.54) is 24.3 Å². The Balaban J connectivity index is 2.39. The summed E-state index contributed by atoms with van der Waals surface area (Å²) in [6, 6.07) is 6.26. The Labute approximate surface area is 155 Å². The molecular formula is C20H21F4NO2. The summed E-state index contributed by atoms with van der Waals surface area (Å²) in [6.07, 6.45) is -3.89. The largest absolute Gasteiger partial charge is 0.486 e. The van der Waals surface area contributed by atoms with Crippen LogP contribution in [0.5, 0.6) is 5.75 Å². The van der Waals surface area contributed by atoms with Crippen LogP contribution in [0, 0.1) is 12.7 Å². The molecular weight excluding hydrogens is 362 g/mol. The number of benzene rings is 2. The van der Waals surface area contributed by atoms with Crippen LogP contribution >= 0.6 is 0 Å². The molecule has 2 aromatic carbocycles. The van der Waals surface area contributed by atoms with Gasteiger partial charge in [0, 0.05) is 17.7 Å². The van der Waals surface area contributed by atoms with E-state index in [-0.39, 0.29) is 23.4 Å². The van der Waals surface area contributed by atoms with E-state index in [2.05, 4.69) is 5.32 Å². The lowest BCUT2D eigenvalue weighted by molar-refractivity contribution is -0.138. The number of rotatable bonds is 6. The molecule has 0 aromatic heterocycles. The minimum absolute atomic E-state index is 0.000941. The van der Waals surface area contributed by atoms with Crippen molar-refractivity contribution in [1.82, 2.24) is 0 Å². The first-order valence-corrected chi connectivity index (χ1v) is 8.58. The van der Waals surface area contributed by atoms with Crippen LogP contribution in [0.25, 0.3) is 0 Å². The normalized spacial score (nSPS) is 11.4. The summed E-state index contributed by atoms with van der Waals surface area (Å²) in [5.41, 5.74) is 0.407. The summed E-state index contributed by atoms with van der Waals surface area (Å²) >= 11 is 0. The van der Waals surface area contributed by atoms with Crippen molar-refractivity contribution in [3.63, 3.8) is 0 Å². The van der Waals surface area contributed by atoms with E-state index in [1.807, 2.05) is 6.92 Å². The molecule has 0 radical (unpaired) electrons. The zero-order chi connectivity index (χ0) is 20.2. The van der Waals surface area contributed by atoms with E-state index in [4.69, 9.17) is 4.74 Å². The van der Waals surface area contributed by atoms with Gasteiger partial charge in [0.25, 0.3) is 0 Å². The second-order valence-electron chi connectivity index (χ2n) is 6.08. The van der Waals surface area contributed by atoms with Crippen LogP contribution in [-0.4, -0.2) is 5.91 Å². The maximum atomic E-state index is 14.2. The molecule has 1 amide bonds. The van der Waals surface area contributed by atoms with E-state index in [0.717, 1.165) is 17.2 Å². The molecule has 0 atom stereocenters. The van der Waals surface area contributed by atoms with Crippen LogP contribution in [0.4, 0.5) is 23.2 Å². The summed E-state index contributed by atoms with van der Waals surface area (Å²) in [7, 11) is 0. The van der Waals surface area contributed by atoms with Gasteiger partial charge in [-0.1, -0.05) is 19.9 Å². The Morgan fingerprint density at radius 3 is 2.48 bits per heavy atom. The van der Waals surface area contributed by atoms with E-state index >= 15 is 0 Å². The van der Waals surface area contributed by atoms with Crippen molar-refractivity contribution in [1.29, 1.82) is 0 Å². The zero-order valence-corrected chi connectivity index (χ0v) is 15.3. The van der Waals surface area contributed by atoms with Gasteiger partial charge in [0.15, 0.2) is 11.6 Å². The van der Waals surface area contributed by atoms with Gasteiger partial charge in [-0.2, -0.15) is 13.2 Å². The van der Waals surface area contributed by atoms with Crippen molar-refractivity contribution in [3.8, 4) is 5.75 Å². The average Bonchev–Trinajstić information content (AvgIpc) is 2.61. The molecule has 2 aromatic rings. The highest BCUT2D eigenvalue weighted by molar-refractivity contribution is 5.91. The topological polar surface area (TPSA) is 38.3 Å². The van der Waals surface area contributed by atoms with Gasteiger partial charge in [0.2, 0.25) is 5.91 Å². The molecule has 0 saturated heterocycles. The molecule has 0 fully saturated rings. The monoisotopic (exact) mass is 383 g/mol. The van der Waals surface area contributed by atoms with Crippen molar-refractivity contribution in [2.45, 2.75) is 46.4 Å². The van der Waals surface area contributed by atoms with Gasteiger partial charge < -0.3 is 10.1 Å². The third kappa shape index (κ3) is 4.99. The maximum Gasteiger partial charge on any atom is 0.416 e. The molecule has 0 saturated carbocycles. The van der Waals surface area contributed by atoms with E-state index in [1.54, 1.807) is 13.8 Å². The van der Waals surface area contributed by atoms with Crippen LogP contribution in [0.15, 0.2) is 30.3 Å². The molecule has 0 aliphatic rings. The second kappa shape index (κ2) is 8.41. The first-order chi connectivity index (χ1) is 12.7. The summed E-state index contributed by atoms with van der Waals surface area (Å²) in [5, 5.41) is 2.44. The van der Waals surface area contributed by atoms with E-state index in [0.29, 0.717) is 6.42 Å². The number of carbonyl (C=O) groups is 1. The van der Waals surface area contributed by atoms with Crippen molar-refractivity contribution in [3.05, 3.63) is 58.4 Å². The van der Waals surface area contributed by atoms with Gasteiger partial charge >= 0.3 is 6.18 Å². The molecule has 0 unspecified atom stereocenters. The number of amides is 1. The summed E-state index contributed by atoms with van der Waals surface area (Å²) in [6.45, 7) is 4.72. The molecule has 2 rings (SSSR count). The Kier molecular flexibility index (Phi) is 6.46. The minimum Gasteiger partial charge on any atom is -0.486 e. The van der Waals surface area contributed by atoms with Crippen molar-refractivity contribution >= 4 is 11.6 Å². The lowest BCUT2D eigenvalue weighted by Crippen LogP contribution is -2.17. The summed E-state index contributed by atoms with van der Waals surface area (Å²) in [5.74, 6) is -1.19. The number of alkyl halides is 3. The Hall–Kier alpha value is -2.57. The quantitative estimate of drug-likeness (QED) is 0.656. The third-order valence-electron chi connectivity index (χ3n) is 4.22. The molecule has 146 valence electrons. The predicted octanol–water partition coefficient (Wildman–Crippen LogP) is 5.64. The number of hydrogen-bond acceptors (Lipinski definition) is 2. The van der Waals surface area contributed by atoms with Crippen molar-refractivity contribution < 1.29 is 27.1 Å². The summed E-state index contributed by atoms with van der Waals surface area (Å²) in [4.78, 5) is 11.6. The first-order valence-electron chi connectivity index (χ1n) is 8.58. The molecule has 7 heteroatoms. The smallest absolute Gasteiger partial charge is 0.416 e. The fourth-order valence-corrected chi connectivity index (χ4v) is 2.70. The van der Waals surface area contributed by atoms with Crippen LogP contribution in [0.1, 0.15) is 42.5 Å². The van der Waals surface area contributed by atoms with Gasteiger partial charge in [-0.15, -0.1) is 0 Å². The standard InChI is InChI=1S/C20H21F4NO2/c1-4-13-10-16(21)18(9-12(13)3)27-11-14-15(20(22,23)24)7-6-8-17(14)25-19(26)5-2/h6-10H,4-5,11H2,1-3H3,(H,25,26). The highest BCUT2D eigenvalue weighted by Crippen LogP contribution is 2.36. The molecule has 0 heterocycles. The highest BCUT2D eigenvalue weighted by Gasteiger charge is 2.34. The van der Waals surface area contributed by atoms with Gasteiger partial charge in [-0.25, -0.2) is 4.39 Å². The number of halogens is 4. The SMILES string of the molecule is CCC(=O)Nc1cccc(C(F)(F)F)c1COc1cc(C)c(CC)cc1F. The highest BCUT2D eigenvalue weighted by atomic mass is 19.4. The average molecular weight is 383 g/mol. The van der Waals surface area contributed by atoms with Crippen LogP contribution in [0.2, 0.25) is 0 Å². The Bertz CT molecular complexity index is 831. The van der Waals surface area contributed by atoms with Crippen LogP contribution in [-0.2, 0) is 24.0 Å². The van der Waals surface area contributed by atoms with Crippen LogP contribution in [0.3, 0.4) is 0 Å². The number of nitrogens with one attached hydrogen (secondary N) is 1. The van der Waals surface area contributed by atoms with Crippen molar-refractivity contribution in [2.75, 3.05) is 5.32 Å². The Morgan fingerprint density at radius 2 is 1.89 bits per heavy atom. The number of aryl methyl sites for hydroxylation is 2. The maximum absolute atomic E-state index is 14.2. The zero-order valence-electron chi connectivity index (χ0n) is 15.3. The van der Waals surface area contributed by atoms with Gasteiger partial charge in [-0.3, -0.25) is 4.79 Å². The predicted molar refractivity (Wildman–Crippen MR) is 95.2 cm³/mol. The Morgan fingerprint density at radius 1 is 1.19 bits per heavy atom. The van der Waals surface area contributed by atoms with Crippen molar-refractivity contribution in [2.24, 2.45) is 0 Å².